The summed E-state index contributed by atoms with van der Waals surface area (Å²) < 4.78 is 6.36. The molecule has 1 nitrogen and oxygen atoms in total. The van der Waals surface area contributed by atoms with Crippen molar-refractivity contribution >= 4 is 6.08 Å². The van der Waals surface area contributed by atoms with E-state index in [1.54, 1.807) is 0 Å². The molecule has 0 saturated carbocycles. The van der Waals surface area contributed by atoms with Gasteiger partial charge in [-0.05, 0) is 68.7 Å². The van der Waals surface area contributed by atoms with Gasteiger partial charge < -0.3 is 4.74 Å². The van der Waals surface area contributed by atoms with Crippen molar-refractivity contribution in [1.82, 2.24) is 0 Å². The number of benzene rings is 1. The Morgan fingerprint density at radius 1 is 1.28 bits per heavy atom. The van der Waals surface area contributed by atoms with Gasteiger partial charge in [0.15, 0.2) is 0 Å². The van der Waals surface area contributed by atoms with Crippen molar-refractivity contribution < 1.29 is 4.74 Å². The predicted molar refractivity (Wildman–Crippen MR) is 76.2 cm³/mol. The first-order chi connectivity index (χ1) is 8.63. The zero-order chi connectivity index (χ0) is 12.8. The second-order valence-corrected chi connectivity index (χ2v) is 5.88. The molecule has 18 heavy (non-hydrogen) atoms. The average Bonchev–Trinajstić information content (AvgIpc) is 2.39. The van der Waals surface area contributed by atoms with Crippen LogP contribution in [0.5, 0.6) is 5.75 Å². The van der Waals surface area contributed by atoms with Crippen LogP contribution in [0, 0.1) is 6.92 Å². The molecule has 0 saturated heterocycles. The van der Waals surface area contributed by atoms with Crippen molar-refractivity contribution in [3.8, 4) is 5.75 Å². The molecule has 1 heteroatoms. The first-order valence-electron chi connectivity index (χ1n) is 7.16. The Hall–Kier alpha value is -1.24. The lowest BCUT2D eigenvalue weighted by Gasteiger charge is -2.34. The van der Waals surface area contributed by atoms with Gasteiger partial charge in [-0.15, -0.1) is 0 Å². The maximum absolute atomic E-state index is 6.36. The largest absolute Gasteiger partial charge is 0.483 e. The number of ether oxygens (including phenoxy) is 1. The summed E-state index contributed by atoms with van der Waals surface area (Å²) in [6, 6.07) is 2.37. The lowest BCUT2D eigenvalue weighted by molar-refractivity contribution is 0.131. The van der Waals surface area contributed by atoms with Crippen LogP contribution in [0.3, 0.4) is 0 Å². The van der Waals surface area contributed by atoms with Gasteiger partial charge in [-0.2, -0.15) is 0 Å². The average molecular weight is 242 g/mol. The molecule has 1 aromatic rings. The van der Waals surface area contributed by atoms with E-state index in [9.17, 15) is 0 Å². The Bertz CT molecular complexity index is 513. The number of fused-ring (bicyclic) bond motifs is 3. The van der Waals surface area contributed by atoms with E-state index in [-0.39, 0.29) is 5.60 Å². The standard InChI is InChI=1S/C17H22O/c1-4-17(3)10-9-14-12(2)11-13-7-5-6-8-15(13)16(14)18-17/h9-11H,4-8H2,1-3H3. The van der Waals surface area contributed by atoms with Crippen molar-refractivity contribution in [2.75, 3.05) is 0 Å². The monoisotopic (exact) mass is 242 g/mol. The molecule has 0 fully saturated rings. The molecule has 0 N–H and O–H groups in total. The smallest absolute Gasteiger partial charge is 0.131 e. The van der Waals surface area contributed by atoms with Gasteiger partial charge in [0, 0.05) is 5.56 Å². The second kappa shape index (κ2) is 4.15. The van der Waals surface area contributed by atoms with Crippen molar-refractivity contribution in [3.05, 3.63) is 34.4 Å². The van der Waals surface area contributed by atoms with Crippen LogP contribution >= 0.6 is 0 Å². The van der Waals surface area contributed by atoms with Gasteiger partial charge in [-0.25, -0.2) is 0 Å². The molecule has 1 atom stereocenters. The quantitative estimate of drug-likeness (QED) is 0.707. The van der Waals surface area contributed by atoms with Crippen LogP contribution in [0.1, 0.15) is 55.4 Å². The molecule has 3 rings (SSSR count). The fourth-order valence-electron chi connectivity index (χ4n) is 3.07. The minimum Gasteiger partial charge on any atom is -0.483 e. The number of hydrogen-bond donors (Lipinski definition) is 0. The molecule has 0 radical (unpaired) electrons. The highest BCUT2D eigenvalue weighted by Crippen LogP contribution is 2.41. The first kappa shape index (κ1) is 11.8. The molecule has 0 amide bonds. The predicted octanol–water partition coefficient (Wildman–Crippen LogP) is 4.45. The zero-order valence-electron chi connectivity index (χ0n) is 11.7. The topological polar surface area (TPSA) is 9.23 Å². The van der Waals surface area contributed by atoms with Gasteiger partial charge in [-0.1, -0.05) is 19.1 Å². The molecule has 0 bridgehead atoms. The van der Waals surface area contributed by atoms with E-state index in [2.05, 4.69) is 39.0 Å². The summed E-state index contributed by atoms with van der Waals surface area (Å²) in [5.41, 5.74) is 5.55. The minimum absolute atomic E-state index is 0.119. The fourth-order valence-corrected chi connectivity index (χ4v) is 3.07. The van der Waals surface area contributed by atoms with E-state index in [1.807, 2.05) is 0 Å². The molecule has 2 aliphatic rings. The third kappa shape index (κ3) is 1.77. The minimum atomic E-state index is -0.119. The van der Waals surface area contributed by atoms with Crippen LogP contribution < -0.4 is 4.74 Å². The van der Waals surface area contributed by atoms with Crippen LogP contribution in [-0.4, -0.2) is 5.60 Å². The second-order valence-electron chi connectivity index (χ2n) is 5.88. The third-order valence-electron chi connectivity index (χ3n) is 4.48. The summed E-state index contributed by atoms with van der Waals surface area (Å²) in [7, 11) is 0. The summed E-state index contributed by atoms with van der Waals surface area (Å²) in [6.07, 6.45) is 10.5. The van der Waals surface area contributed by atoms with Gasteiger partial charge in [0.25, 0.3) is 0 Å². The normalized spacial score (nSPS) is 25.3. The van der Waals surface area contributed by atoms with Crippen LogP contribution in [0.2, 0.25) is 0 Å². The molecule has 1 aliphatic heterocycles. The molecular weight excluding hydrogens is 220 g/mol. The number of rotatable bonds is 1. The van der Waals surface area contributed by atoms with Crippen LogP contribution in [-0.2, 0) is 12.8 Å². The number of aryl methyl sites for hydroxylation is 2. The molecule has 1 aromatic carbocycles. The van der Waals surface area contributed by atoms with Crippen LogP contribution in [0.4, 0.5) is 0 Å². The SMILES string of the molecule is CCC1(C)C=Cc2c(C)cc3c(c2O1)CCCC3. The maximum Gasteiger partial charge on any atom is 0.131 e. The summed E-state index contributed by atoms with van der Waals surface area (Å²) in [6.45, 7) is 6.58. The highest BCUT2D eigenvalue weighted by atomic mass is 16.5. The third-order valence-corrected chi connectivity index (χ3v) is 4.48. The Morgan fingerprint density at radius 2 is 2.06 bits per heavy atom. The summed E-state index contributed by atoms with van der Waals surface area (Å²) in [5, 5.41) is 0. The first-order valence-corrected chi connectivity index (χ1v) is 7.16. The molecule has 96 valence electrons. The molecule has 0 aromatic heterocycles. The van der Waals surface area contributed by atoms with E-state index < -0.39 is 0 Å². The Kier molecular flexibility index (Phi) is 2.73. The van der Waals surface area contributed by atoms with Gasteiger partial charge in [0.05, 0.1) is 0 Å². The van der Waals surface area contributed by atoms with E-state index in [0.29, 0.717) is 0 Å². The zero-order valence-corrected chi connectivity index (χ0v) is 11.7. The van der Waals surface area contributed by atoms with E-state index in [1.165, 1.54) is 53.7 Å². The van der Waals surface area contributed by atoms with Crippen LogP contribution in [0.15, 0.2) is 12.1 Å². The molecule has 1 aliphatic carbocycles. The Morgan fingerprint density at radius 3 is 2.83 bits per heavy atom. The Balaban J connectivity index is 2.16. The maximum atomic E-state index is 6.36. The van der Waals surface area contributed by atoms with Gasteiger partial charge in [-0.3, -0.25) is 0 Å². The van der Waals surface area contributed by atoms with Gasteiger partial charge in [0.1, 0.15) is 11.4 Å². The summed E-state index contributed by atoms with van der Waals surface area (Å²) in [4.78, 5) is 0. The van der Waals surface area contributed by atoms with Crippen molar-refractivity contribution in [3.63, 3.8) is 0 Å². The highest BCUT2D eigenvalue weighted by molar-refractivity contribution is 5.68. The molecule has 0 spiro atoms. The Labute approximate surface area is 110 Å². The van der Waals surface area contributed by atoms with E-state index in [4.69, 9.17) is 4.74 Å². The summed E-state index contributed by atoms with van der Waals surface area (Å²) >= 11 is 0. The molecule has 1 heterocycles. The van der Waals surface area contributed by atoms with Gasteiger partial charge >= 0.3 is 0 Å². The lowest BCUT2D eigenvalue weighted by atomic mass is 9.85. The fraction of sp³-hybridized carbons (Fsp3) is 0.529. The molecular formula is C17H22O. The van der Waals surface area contributed by atoms with Crippen LogP contribution in [0.25, 0.3) is 6.08 Å². The van der Waals surface area contributed by atoms with E-state index in [0.717, 1.165) is 6.42 Å². The summed E-state index contributed by atoms with van der Waals surface area (Å²) in [5.74, 6) is 1.18. The van der Waals surface area contributed by atoms with Crippen molar-refractivity contribution in [2.24, 2.45) is 0 Å². The van der Waals surface area contributed by atoms with E-state index >= 15 is 0 Å². The lowest BCUT2D eigenvalue weighted by Crippen LogP contribution is -2.32. The number of hydrogen-bond acceptors (Lipinski definition) is 1. The highest BCUT2D eigenvalue weighted by Gasteiger charge is 2.29. The van der Waals surface area contributed by atoms with Crippen molar-refractivity contribution in [1.29, 1.82) is 0 Å². The van der Waals surface area contributed by atoms with Crippen molar-refractivity contribution in [2.45, 2.75) is 58.5 Å². The molecule has 1 unspecified atom stereocenters. The van der Waals surface area contributed by atoms with Gasteiger partial charge in [0.2, 0.25) is 0 Å².